The molecule has 33 heavy (non-hydrogen) atoms. The van der Waals surface area contributed by atoms with Crippen LogP contribution in [0.1, 0.15) is 16.8 Å². The predicted molar refractivity (Wildman–Crippen MR) is 134 cm³/mol. The molecule has 3 nitrogen and oxygen atoms in total. The summed E-state index contributed by atoms with van der Waals surface area (Å²) < 4.78 is 31.0. The smallest absolute Gasteiger partial charge is 0.270 e. The highest BCUT2D eigenvalue weighted by Gasteiger charge is 2.35. The molecular formula is C26H18F2N2OS2. The highest BCUT2D eigenvalue weighted by molar-refractivity contribution is 8.27. The molecule has 1 aliphatic rings. The van der Waals surface area contributed by atoms with Crippen LogP contribution in [-0.4, -0.2) is 14.8 Å². The van der Waals surface area contributed by atoms with Crippen LogP contribution in [0.2, 0.25) is 0 Å². The Balaban J connectivity index is 1.59. The minimum absolute atomic E-state index is 0.141. The molecule has 1 saturated heterocycles. The van der Waals surface area contributed by atoms with Crippen molar-refractivity contribution in [3.63, 3.8) is 0 Å². The summed E-state index contributed by atoms with van der Waals surface area (Å²) >= 11 is 6.55. The fourth-order valence-electron chi connectivity index (χ4n) is 4.08. The fraction of sp³-hybridized carbons (Fsp3) is 0.0769. The van der Waals surface area contributed by atoms with Crippen LogP contribution in [0, 0.1) is 18.6 Å². The number of amides is 1. The van der Waals surface area contributed by atoms with Crippen molar-refractivity contribution in [1.29, 1.82) is 0 Å². The van der Waals surface area contributed by atoms with Crippen molar-refractivity contribution >= 4 is 56.9 Å². The largest absolute Gasteiger partial charge is 0.340 e. The van der Waals surface area contributed by atoms with Crippen molar-refractivity contribution in [2.75, 3.05) is 4.90 Å². The third kappa shape index (κ3) is 3.77. The van der Waals surface area contributed by atoms with Gasteiger partial charge in [-0.05, 0) is 37.3 Å². The first-order chi connectivity index (χ1) is 16.0. The standard InChI is InChI=1S/C26H18F2N2OS2/c1-16-19(14-24-25(31)30(26(32)33-24)23-13-7-5-11-21(23)28)18-9-3-6-12-22(18)29(16)15-17-8-2-4-10-20(17)27/h2-14H,15H2,1H3/b24-14+. The number of aromatic nitrogens is 1. The third-order valence-electron chi connectivity index (χ3n) is 5.73. The predicted octanol–water partition coefficient (Wildman–Crippen LogP) is 6.68. The van der Waals surface area contributed by atoms with Crippen LogP contribution in [0.4, 0.5) is 14.5 Å². The number of halogens is 2. The zero-order chi connectivity index (χ0) is 23.1. The fourth-order valence-corrected chi connectivity index (χ4v) is 5.35. The van der Waals surface area contributed by atoms with E-state index >= 15 is 0 Å². The van der Waals surface area contributed by atoms with E-state index in [1.807, 2.05) is 41.8 Å². The molecule has 5 rings (SSSR count). The van der Waals surface area contributed by atoms with Gasteiger partial charge in [0.15, 0.2) is 4.32 Å². The number of anilines is 1. The summed E-state index contributed by atoms with van der Waals surface area (Å²) in [5.74, 6) is -1.13. The number of hydrogen-bond donors (Lipinski definition) is 0. The topological polar surface area (TPSA) is 25.2 Å². The van der Waals surface area contributed by atoms with E-state index in [0.717, 1.165) is 33.9 Å². The number of thiocarbonyl (C=S) groups is 1. The van der Waals surface area contributed by atoms with E-state index in [1.165, 1.54) is 23.1 Å². The Hall–Kier alpha value is -3.29. The van der Waals surface area contributed by atoms with E-state index in [9.17, 15) is 13.6 Å². The molecule has 3 aromatic carbocycles. The molecule has 1 aliphatic heterocycles. The average molecular weight is 477 g/mol. The maximum Gasteiger partial charge on any atom is 0.270 e. The molecule has 7 heteroatoms. The van der Waals surface area contributed by atoms with Crippen LogP contribution in [-0.2, 0) is 11.3 Å². The molecule has 1 fully saturated rings. The van der Waals surface area contributed by atoms with Gasteiger partial charge in [-0.25, -0.2) is 8.78 Å². The number of thioether (sulfide) groups is 1. The van der Waals surface area contributed by atoms with E-state index < -0.39 is 5.82 Å². The molecule has 0 aliphatic carbocycles. The van der Waals surface area contributed by atoms with E-state index in [-0.39, 0.29) is 21.7 Å². The summed E-state index contributed by atoms with van der Waals surface area (Å²) in [5, 5.41) is 0.947. The lowest BCUT2D eigenvalue weighted by Crippen LogP contribution is -2.28. The highest BCUT2D eigenvalue weighted by atomic mass is 32.2. The number of para-hydroxylation sites is 2. The van der Waals surface area contributed by atoms with Crippen molar-refractivity contribution in [3.05, 3.63) is 106 Å². The minimum Gasteiger partial charge on any atom is -0.340 e. The first-order valence-electron chi connectivity index (χ1n) is 10.3. The molecule has 4 aromatic rings. The van der Waals surface area contributed by atoms with E-state index in [0.29, 0.717) is 17.0 Å². The van der Waals surface area contributed by atoms with E-state index in [2.05, 4.69) is 0 Å². The molecule has 0 N–H and O–H groups in total. The summed E-state index contributed by atoms with van der Waals surface area (Å²) in [6.45, 7) is 2.31. The normalized spacial score (nSPS) is 15.2. The van der Waals surface area contributed by atoms with Gasteiger partial charge in [-0.15, -0.1) is 0 Å². The number of carbonyl (C=O) groups is 1. The van der Waals surface area contributed by atoms with Crippen LogP contribution in [0.15, 0.2) is 77.7 Å². The summed E-state index contributed by atoms with van der Waals surface area (Å²) in [6, 6.07) is 20.6. The van der Waals surface area contributed by atoms with Crippen LogP contribution in [0.3, 0.4) is 0 Å². The average Bonchev–Trinajstić information content (AvgIpc) is 3.23. The van der Waals surface area contributed by atoms with Gasteiger partial charge in [0.2, 0.25) is 0 Å². The summed E-state index contributed by atoms with van der Waals surface area (Å²) in [4.78, 5) is 14.8. The van der Waals surface area contributed by atoms with E-state index in [1.54, 1.807) is 30.3 Å². The van der Waals surface area contributed by atoms with Crippen molar-refractivity contribution in [3.8, 4) is 0 Å². The van der Waals surface area contributed by atoms with Gasteiger partial charge in [0.1, 0.15) is 11.6 Å². The van der Waals surface area contributed by atoms with Gasteiger partial charge in [-0.2, -0.15) is 0 Å². The second-order valence-electron chi connectivity index (χ2n) is 7.66. The Morgan fingerprint density at radius 3 is 2.36 bits per heavy atom. The van der Waals surface area contributed by atoms with Gasteiger partial charge in [-0.3, -0.25) is 9.69 Å². The SMILES string of the molecule is Cc1c(/C=C2/SC(=S)N(c3ccccc3F)C2=O)c2ccccc2n1Cc1ccccc1F. The lowest BCUT2D eigenvalue weighted by molar-refractivity contribution is -0.113. The zero-order valence-corrected chi connectivity index (χ0v) is 19.2. The van der Waals surface area contributed by atoms with Crippen molar-refractivity contribution in [1.82, 2.24) is 4.57 Å². The molecule has 0 unspecified atom stereocenters. The maximum absolute atomic E-state index is 14.3. The van der Waals surface area contributed by atoms with Gasteiger partial charge >= 0.3 is 0 Å². The van der Waals surface area contributed by atoms with Crippen molar-refractivity contribution in [2.24, 2.45) is 0 Å². The Kier molecular flexibility index (Phi) is 5.60. The molecule has 0 atom stereocenters. The third-order valence-corrected chi connectivity index (χ3v) is 7.03. The second-order valence-corrected chi connectivity index (χ2v) is 9.34. The van der Waals surface area contributed by atoms with Crippen LogP contribution in [0.5, 0.6) is 0 Å². The molecule has 0 radical (unpaired) electrons. The lowest BCUT2D eigenvalue weighted by Gasteiger charge is -2.14. The minimum atomic E-state index is -0.507. The maximum atomic E-state index is 14.3. The number of carbonyl (C=O) groups excluding carboxylic acids is 1. The molecule has 0 saturated carbocycles. The molecule has 1 amide bonds. The Morgan fingerprint density at radius 1 is 0.939 bits per heavy atom. The molecule has 0 spiro atoms. The van der Waals surface area contributed by atoms with Gasteiger partial charge < -0.3 is 4.57 Å². The van der Waals surface area contributed by atoms with Crippen molar-refractivity contribution in [2.45, 2.75) is 13.5 Å². The zero-order valence-electron chi connectivity index (χ0n) is 17.6. The van der Waals surface area contributed by atoms with Crippen LogP contribution < -0.4 is 4.90 Å². The molecule has 164 valence electrons. The number of benzene rings is 3. The number of fused-ring (bicyclic) bond motifs is 1. The lowest BCUT2D eigenvalue weighted by atomic mass is 10.1. The van der Waals surface area contributed by atoms with Gasteiger partial charge in [0.05, 0.1) is 17.1 Å². The summed E-state index contributed by atoms with van der Waals surface area (Å²) in [6.07, 6.45) is 1.80. The number of nitrogens with zero attached hydrogens (tertiary/aromatic N) is 2. The van der Waals surface area contributed by atoms with Crippen molar-refractivity contribution < 1.29 is 13.6 Å². The first-order valence-corrected chi connectivity index (χ1v) is 11.5. The molecule has 0 bridgehead atoms. The number of rotatable bonds is 4. The van der Waals surface area contributed by atoms with Crippen LogP contribution >= 0.6 is 24.0 Å². The molecular weight excluding hydrogens is 458 g/mol. The summed E-state index contributed by atoms with van der Waals surface area (Å²) in [7, 11) is 0. The van der Waals surface area contributed by atoms with Crippen LogP contribution in [0.25, 0.3) is 17.0 Å². The Morgan fingerprint density at radius 2 is 1.61 bits per heavy atom. The quantitative estimate of drug-likeness (QED) is 0.243. The highest BCUT2D eigenvalue weighted by Crippen LogP contribution is 2.39. The molecule has 2 heterocycles. The molecule has 1 aromatic heterocycles. The Bertz CT molecular complexity index is 1460. The summed E-state index contributed by atoms with van der Waals surface area (Å²) in [5.41, 5.74) is 3.42. The second kappa shape index (κ2) is 8.57. The van der Waals surface area contributed by atoms with Gasteiger partial charge in [0.25, 0.3) is 5.91 Å². The number of hydrogen-bond acceptors (Lipinski definition) is 3. The van der Waals surface area contributed by atoms with Gasteiger partial charge in [0, 0.05) is 27.7 Å². The Labute approximate surface area is 199 Å². The monoisotopic (exact) mass is 476 g/mol. The van der Waals surface area contributed by atoms with E-state index in [4.69, 9.17) is 12.2 Å². The first kappa shape index (κ1) is 21.6. The van der Waals surface area contributed by atoms with Gasteiger partial charge in [-0.1, -0.05) is 72.5 Å².